The number of amides is 2. The van der Waals surface area contributed by atoms with Crippen LogP contribution in [0.25, 0.3) is 11.1 Å². The van der Waals surface area contributed by atoms with E-state index in [1.54, 1.807) is 13.8 Å². The molecule has 0 bridgehead atoms. The van der Waals surface area contributed by atoms with Crippen LogP contribution in [0.5, 0.6) is 0 Å². The van der Waals surface area contributed by atoms with E-state index in [1.807, 2.05) is 78.9 Å². The molecule has 0 fully saturated rings. The zero-order valence-electron chi connectivity index (χ0n) is 23.5. The number of ether oxygens (including phenoxy) is 3. The maximum Gasteiger partial charge on any atom is 0.408 e. The Labute approximate surface area is 239 Å². The number of carbonyl (C=O) groups excluding carboxylic acids is 2. The van der Waals surface area contributed by atoms with Gasteiger partial charge in [-0.25, -0.2) is 9.59 Å². The van der Waals surface area contributed by atoms with E-state index >= 15 is 0 Å². The normalized spacial score (nSPS) is 15.1. The number of carbonyl (C=O) groups is 3. The van der Waals surface area contributed by atoms with Gasteiger partial charge in [0.15, 0.2) is 6.04 Å². The number of carboxylic acid groups (broad SMARTS) is 1. The molecule has 3 unspecified atom stereocenters. The van der Waals surface area contributed by atoms with Gasteiger partial charge in [-0.2, -0.15) is 0 Å². The molecular weight excluding hydrogens is 524 g/mol. The molecule has 0 aromatic heterocycles. The summed E-state index contributed by atoms with van der Waals surface area (Å²) in [5.41, 5.74) is 3.63. The van der Waals surface area contributed by atoms with Gasteiger partial charge in [0.05, 0.1) is 19.3 Å². The minimum absolute atomic E-state index is 0.0658. The average molecular weight is 561 g/mol. The SMILES string of the molecule is CCC(COC)(NC(=O)OCC1c2ccccc2-c2ccccc21)C(=O)NC(C(=O)O)C(C)OCc1ccccc1. The van der Waals surface area contributed by atoms with Gasteiger partial charge >= 0.3 is 12.1 Å². The van der Waals surface area contributed by atoms with Crippen LogP contribution in [-0.2, 0) is 30.4 Å². The Kier molecular flexibility index (Phi) is 9.75. The van der Waals surface area contributed by atoms with Crippen molar-refractivity contribution in [2.24, 2.45) is 0 Å². The summed E-state index contributed by atoms with van der Waals surface area (Å²) < 4.78 is 16.7. The molecule has 0 aliphatic heterocycles. The van der Waals surface area contributed by atoms with E-state index in [0.717, 1.165) is 27.8 Å². The predicted molar refractivity (Wildman–Crippen MR) is 153 cm³/mol. The molecule has 41 heavy (non-hydrogen) atoms. The second-order valence-electron chi connectivity index (χ2n) is 10.1. The minimum atomic E-state index is -1.57. The summed E-state index contributed by atoms with van der Waals surface area (Å²) >= 11 is 0. The Morgan fingerprint density at radius 2 is 1.51 bits per heavy atom. The van der Waals surface area contributed by atoms with Crippen LogP contribution in [0.2, 0.25) is 0 Å². The highest BCUT2D eigenvalue weighted by Crippen LogP contribution is 2.44. The van der Waals surface area contributed by atoms with Gasteiger partial charge in [-0.15, -0.1) is 0 Å². The molecule has 0 saturated carbocycles. The number of hydrogen-bond acceptors (Lipinski definition) is 6. The van der Waals surface area contributed by atoms with Gasteiger partial charge in [-0.1, -0.05) is 85.8 Å². The largest absolute Gasteiger partial charge is 0.480 e. The van der Waals surface area contributed by atoms with E-state index in [4.69, 9.17) is 14.2 Å². The smallest absolute Gasteiger partial charge is 0.408 e. The zero-order chi connectivity index (χ0) is 29.4. The summed E-state index contributed by atoms with van der Waals surface area (Å²) in [4.78, 5) is 38.7. The number of rotatable bonds is 13. The van der Waals surface area contributed by atoms with Crippen molar-refractivity contribution < 1.29 is 33.7 Å². The average Bonchev–Trinajstić information content (AvgIpc) is 3.31. The lowest BCUT2D eigenvalue weighted by Crippen LogP contribution is -2.64. The van der Waals surface area contributed by atoms with Crippen molar-refractivity contribution in [3.63, 3.8) is 0 Å². The van der Waals surface area contributed by atoms with Gasteiger partial charge in [0.1, 0.15) is 12.1 Å². The third-order valence-electron chi connectivity index (χ3n) is 7.49. The highest BCUT2D eigenvalue weighted by atomic mass is 16.5. The van der Waals surface area contributed by atoms with Crippen LogP contribution in [0.15, 0.2) is 78.9 Å². The molecule has 3 aromatic rings. The monoisotopic (exact) mass is 560 g/mol. The van der Waals surface area contributed by atoms with Crippen LogP contribution in [0, 0.1) is 0 Å². The van der Waals surface area contributed by atoms with Crippen molar-refractivity contribution in [1.29, 1.82) is 0 Å². The van der Waals surface area contributed by atoms with Crippen LogP contribution in [0.3, 0.4) is 0 Å². The first-order valence-corrected chi connectivity index (χ1v) is 13.6. The topological polar surface area (TPSA) is 123 Å². The predicted octanol–water partition coefficient (Wildman–Crippen LogP) is 4.50. The zero-order valence-corrected chi connectivity index (χ0v) is 23.5. The van der Waals surface area contributed by atoms with Crippen molar-refractivity contribution in [3.8, 4) is 11.1 Å². The van der Waals surface area contributed by atoms with Crippen molar-refractivity contribution in [2.45, 2.75) is 50.5 Å². The summed E-state index contributed by atoms with van der Waals surface area (Å²) in [5.74, 6) is -2.13. The third kappa shape index (κ3) is 6.75. The van der Waals surface area contributed by atoms with E-state index in [-0.39, 0.29) is 32.2 Å². The van der Waals surface area contributed by atoms with Crippen LogP contribution in [0.1, 0.15) is 42.9 Å². The molecule has 216 valence electrons. The first kappa shape index (κ1) is 29.8. The van der Waals surface area contributed by atoms with Crippen LogP contribution in [-0.4, -0.2) is 61.1 Å². The van der Waals surface area contributed by atoms with E-state index in [0.29, 0.717) is 0 Å². The molecule has 4 rings (SSSR count). The van der Waals surface area contributed by atoms with E-state index in [9.17, 15) is 19.5 Å². The standard InChI is InChI=1S/C32H36N2O7/c1-4-32(20-39-3,30(37)33-28(29(35)36)21(2)40-18-22-12-6-5-7-13-22)34-31(38)41-19-27-25-16-10-8-14-23(25)24-15-9-11-17-26(24)27/h5-17,21,27-28H,4,18-20H2,1-3H3,(H,33,37)(H,34,38)(H,35,36). The molecule has 2 amide bonds. The second-order valence-corrected chi connectivity index (χ2v) is 10.1. The Bertz CT molecular complexity index is 1320. The second kappa shape index (κ2) is 13.4. The van der Waals surface area contributed by atoms with Crippen LogP contribution in [0.4, 0.5) is 4.79 Å². The fourth-order valence-corrected chi connectivity index (χ4v) is 5.14. The Hall–Kier alpha value is -4.21. The van der Waals surface area contributed by atoms with E-state index < -0.39 is 35.7 Å². The molecule has 0 heterocycles. The first-order chi connectivity index (χ1) is 19.8. The summed E-state index contributed by atoms with van der Waals surface area (Å²) in [7, 11) is 1.40. The quantitative estimate of drug-likeness (QED) is 0.281. The van der Waals surface area contributed by atoms with Gasteiger partial charge in [0, 0.05) is 13.0 Å². The lowest BCUT2D eigenvalue weighted by atomic mass is 9.95. The van der Waals surface area contributed by atoms with Crippen molar-refractivity contribution in [2.75, 3.05) is 20.3 Å². The molecule has 9 nitrogen and oxygen atoms in total. The molecule has 0 radical (unpaired) electrons. The molecule has 9 heteroatoms. The Morgan fingerprint density at radius 3 is 2.07 bits per heavy atom. The number of carboxylic acids is 1. The van der Waals surface area contributed by atoms with E-state index in [2.05, 4.69) is 10.6 Å². The minimum Gasteiger partial charge on any atom is -0.480 e. The Balaban J connectivity index is 1.43. The summed E-state index contributed by atoms with van der Waals surface area (Å²) in [5, 5.41) is 15.1. The molecular formula is C32H36N2O7. The molecule has 0 spiro atoms. The van der Waals surface area contributed by atoms with Crippen molar-refractivity contribution in [1.82, 2.24) is 10.6 Å². The molecule has 0 saturated heterocycles. The number of methoxy groups -OCH3 is 1. The maximum absolute atomic E-state index is 13.5. The highest BCUT2D eigenvalue weighted by Gasteiger charge is 2.42. The fraction of sp³-hybridized carbons (Fsp3) is 0.344. The summed E-state index contributed by atoms with van der Waals surface area (Å²) in [6, 6.07) is 23.9. The molecule has 1 aliphatic rings. The van der Waals surface area contributed by atoms with Gasteiger partial charge in [-0.3, -0.25) is 4.79 Å². The molecule has 3 N–H and O–H groups in total. The fourth-order valence-electron chi connectivity index (χ4n) is 5.14. The van der Waals surface area contributed by atoms with Gasteiger partial charge in [-0.05, 0) is 41.2 Å². The number of benzene rings is 3. The van der Waals surface area contributed by atoms with E-state index in [1.165, 1.54) is 7.11 Å². The highest BCUT2D eigenvalue weighted by molar-refractivity contribution is 5.93. The Morgan fingerprint density at radius 1 is 0.927 bits per heavy atom. The van der Waals surface area contributed by atoms with Crippen molar-refractivity contribution in [3.05, 3.63) is 95.6 Å². The van der Waals surface area contributed by atoms with Crippen LogP contribution >= 0.6 is 0 Å². The summed E-state index contributed by atoms with van der Waals surface area (Å²) in [6.07, 6.45) is -1.54. The van der Waals surface area contributed by atoms with Crippen molar-refractivity contribution >= 4 is 18.0 Å². The number of fused-ring (bicyclic) bond motifs is 3. The number of alkyl carbamates (subject to hydrolysis) is 1. The summed E-state index contributed by atoms with van der Waals surface area (Å²) in [6.45, 7) is 3.33. The molecule has 3 atom stereocenters. The van der Waals surface area contributed by atoms with Gasteiger partial charge in [0.2, 0.25) is 5.91 Å². The lowest BCUT2D eigenvalue weighted by Gasteiger charge is -2.33. The van der Waals surface area contributed by atoms with Gasteiger partial charge in [0.25, 0.3) is 0 Å². The van der Waals surface area contributed by atoms with Gasteiger partial charge < -0.3 is 30.0 Å². The number of hydrogen-bond donors (Lipinski definition) is 3. The first-order valence-electron chi connectivity index (χ1n) is 13.6. The molecule has 1 aliphatic carbocycles. The maximum atomic E-state index is 13.5. The molecule has 3 aromatic carbocycles. The number of nitrogens with one attached hydrogen (secondary N) is 2. The number of aliphatic carboxylic acids is 1. The third-order valence-corrected chi connectivity index (χ3v) is 7.49. The van der Waals surface area contributed by atoms with Crippen LogP contribution < -0.4 is 10.6 Å². The lowest BCUT2D eigenvalue weighted by molar-refractivity contribution is -0.148.